The summed E-state index contributed by atoms with van der Waals surface area (Å²) < 4.78 is 9.88. The first kappa shape index (κ1) is 12.2. The van der Waals surface area contributed by atoms with E-state index in [9.17, 15) is 4.79 Å². The Morgan fingerprint density at radius 1 is 1.31 bits per heavy atom. The molecule has 0 fully saturated rings. The number of nitrogens with zero attached hydrogens (tertiary/aromatic N) is 2. The van der Waals surface area contributed by atoms with E-state index < -0.39 is 0 Å². The van der Waals surface area contributed by atoms with Gasteiger partial charge in [0.2, 0.25) is 17.5 Å². The summed E-state index contributed by atoms with van der Waals surface area (Å²) in [7, 11) is 2.91. The highest BCUT2D eigenvalue weighted by Crippen LogP contribution is 2.17. The van der Waals surface area contributed by atoms with Gasteiger partial charge in [-0.2, -0.15) is 4.98 Å². The van der Waals surface area contributed by atoms with Gasteiger partial charge in [-0.05, 0) is 19.9 Å². The lowest BCUT2D eigenvalue weighted by Crippen LogP contribution is -2.05. The highest BCUT2D eigenvalue weighted by molar-refractivity contribution is 6.04. The first-order valence-corrected chi connectivity index (χ1v) is 4.72. The Balaban J connectivity index is 3.14. The van der Waals surface area contributed by atoms with Gasteiger partial charge in [0.15, 0.2) is 5.69 Å². The number of allylic oxidation sites excluding steroid dienone is 2. The Kier molecular flexibility index (Phi) is 3.99. The van der Waals surface area contributed by atoms with Crippen molar-refractivity contribution in [1.82, 2.24) is 9.97 Å². The van der Waals surface area contributed by atoms with Gasteiger partial charge in [-0.15, -0.1) is 0 Å². The molecule has 0 aromatic carbocycles. The number of hydrogen-bond acceptors (Lipinski definition) is 5. The van der Waals surface area contributed by atoms with Gasteiger partial charge >= 0.3 is 0 Å². The molecule has 1 heterocycles. The van der Waals surface area contributed by atoms with Crippen molar-refractivity contribution in [3.05, 3.63) is 23.5 Å². The summed E-state index contributed by atoms with van der Waals surface area (Å²) in [6, 6.07) is 0. The monoisotopic (exact) mass is 222 g/mol. The van der Waals surface area contributed by atoms with Gasteiger partial charge in [0.1, 0.15) is 0 Å². The minimum atomic E-state index is -0.230. The summed E-state index contributed by atoms with van der Waals surface area (Å²) in [6.07, 6.45) is 2.87. The quantitative estimate of drug-likeness (QED) is 0.572. The van der Waals surface area contributed by atoms with E-state index in [-0.39, 0.29) is 17.4 Å². The lowest BCUT2D eigenvalue weighted by Gasteiger charge is -2.05. The number of rotatable bonds is 4. The molecule has 0 radical (unpaired) electrons. The van der Waals surface area contributed by atoms with Gasteiger partial charge in [0.25, 0.3) is 0 Å². The van der Waals surface area contributed by atoms with Gasteiger partial charge in [-0.1, -0.05) is 5.57 Å². The molecule has 0 spiro atoms. The first-order chi connectivity index (χ1) is 7.58. The fraction of sp³-hybridized carbons (Fsp3) is 0.364. The third kappa shape index (κ3) is 2.79. The number of methoxy groups -OCH3 is 2. The van der Waals surface area contributed by atoms with Crippen molar-refractivity contribution in [1.29, 1.82) is 0 Å². The van der Waals surface area contributed by atoms with Crippen LogP contribution in [0.3, 0.4) is 0 Å². The molecule has 0 amide bonds. The lowest BCUT2D eigenvalue weighted by atomic mass is 10.2. The summed E-state index contributed by atoms with van der Waals surface area (Å²) in [5.74, 6) is 0.249. The van der Waals surface area contributed by atoms with Crippen LogP contribution in [0.1, 0.15) is 24.3 Å². The molecule has 1 aromatic rings. The Morgan fingerprint density at radius 2 is 2.00 bits per heavy atom. The normalized spacial score (nSPS) is 9.50. The van der Waals surface area contributed by atoms with Crippen molar-refractivity contribution in [3.63, 3.8) is 0 Å². The number of ether oxygens (including phenoxy) is 2. The van der Waals surface area contributed by atoms with Crippen LogP contribution < -0.4 is 9.47 Å². The van der Waals surface area contributed by atoms with E-state index in [0.29, 0.717) is 5.88 Å². The zero-order valence-electron chi connectivity index (χ0n) is 9.77. The van der Waals surface area contributed by atoms with Crippen molar-refractivity contribution in [2.75, 3.05) is 14.2 Å². The van der Waals surface area contributed by atoms with Gasteiger partial charge in [-0.3, -0.25) is 4.79 Å². The zero-order valence-corrected chi connectivity index (χ0v) is 9.77. The average Bonchev–Trinajstić information content (AvgIpc) is 2.27. The van der Waals surface area contributed by atoms with Crippen molar-refractivity contribution in [2.45, 2.75) is 13.8 Å². The fourth-order valence-corrected chi connectivity index (χ4v) is 1.10. The summed E-state index contributed by atoms with van der Waals surface area (Å²) in [6.45, 7) is 3.67. The number of carbonyl (C=O) groups excluding carboxylic acids is 1. The SMILES string of the molecule is COc1cnc(C(=O)C=C(C)C)c(OC)n1. The Hall–Kier alpha value is -1.91. The Bertz CT molecular complexity index is 423. The molecular weight excluding hydrogens is 208 g/mol. The van der Waals surface area contributed by atoms with Gasteiger partial charge < -0.3 is 9.47 Å². The van der Waals surface area contributed by atoms with Crippen molar-refractivity contribution < 1.29 is 14.3 Å². The molecule has 5 nitrogen and oxygen atoms in total. The van der Waals surface area contributed by atoms with Crippen LogP contribution in [0.25, 0.3) is 0 Å². The fourth-order valence-electron chi connectivity index (χ4n) is 1.10. The molecule has 0 N–H and O–H groups in total. The largest absolute Gasteiger partial charge is 0.480 e. The van der Waals surface area contributed by atoms with Gasteiger partial charge in [0.05, 0.1) is 20.4 Å². The van der Waals surface area contributed by atoms with E-state index in [2.05, 4.69) is 9.97 Å². The lowest BCUT2D eigenvalue weighted by molar-refractivity contribution is 0.103. The van der Waals surface area contributed by atoms with Crippen LogP contribution in [0, 0.1) is 0 Å². The topological polar surface area (TPSA) is 61.3 Å². The van der Waals surface area contributed by atoms with Crippen LogP contribution in [0.4, 0.5) is 0 Å². The average molecular weight is 222 g/mol. The molecule has 0 saturated heterocycles. The standard InChI is InChI=1S/C11H14N2O3/c1-7(2)5-8(14)10-11(16-4)13-9(15-3)6-12-10/h5-6H,1-4H3. The second kappa shape index (κ2) is 5.25. The molecule has 16 heavy (non-hydrogen) atoms. The number of carbonyl (C=O) groups is 1. The highest BCUT2D eigenvalue weighted by Gasteiger charge is 2.14. The third-order valence-corrected chi connectivity index (χ3v) is 1.77. The minimum absolute atomic E-state index is 0.168. The van der Waals surface area contributed by atoms with E-state index in [1.165, 1.54) is 26.5 Å². The molecule has 5 heteroatoms. The second-order valence-corrected chi connectivity index (χ2v) is 3.36. The van der Waals surface area contributed by atoms with E-state index in [1.807, 2.05) is 13.8 Å². The summed E-state index contributed by atoms with van der Waals surface area (Å²) in [5.41, 5.74) is 1.08. The molecule has 0 unspecified atom stereocenters. The smallest absolute Gasteiger partial charge is 0.247 e. The minimum Gasteiger partial charge on any atom is -0.480 e. The molecule has 0 bridgehead atoms. The van der Waals surface area contributed by atoms with Crippen LogP contribution in [-0.4, -0.2) is 30.0 Å². The van der Waals surface area contributed by atoms with Crippen molar-refractivity contribution in [2.24, 2.45) is 0 Å². The van der Waals surface area contributed by atoms with Gasteiger partial charge in [0, 0.05) is 0 Å². The van der Waals surface area contributed by atoms with Crippen molar-refractivity contribution in [3.8, 4) is 11.8 Å². The molecule has 0 atom stereocenters. The van der Waals surface area contributed by atoms with Crippen LogP contribution in [0.5, 0.6) is 11.8 Å². The summed E-state index contributed by atoms with van der Waals surface area (Å²) in [5, 5.41) is 0. The Labute approximate surface area is 94.1 Å². The van der Waals surface area contributed by atoms with Crippen LogP contribution >= 0.6 is 0 Å². The maximum atomic E-state index is 11.7. The van der Waals surface area contributed by atoms with Crippen molar-refractivity contribution >= 4 is 5.78 Å². The summed E-state index contributed by atoms with van der Waals surface area (Å²) in [4.78, 5) is 19.7. The van der Waals surface area contributed by atoms with E-state index in [0.717, 1.165) is 5.57 Å². The Morgan fingerprint density at radius 3 is 2.50 bits per heavy atom. The molecule has 86 valence electrons. The molecule has 1 rings (SSSR count). The molecule has 0 aliphatic carbocycles. The number of aromatic nitrogens is 2. The molecule has 0 saturated carbocycles. The molecular formula is C11H14N2O3. The van der Waals surface area contributed by atoms with Crippen LogP contribution in [0.2, 0.25) is 0 Å². The number of ketones is 1. The molecule has 0 aliphatic heterocycles. The highest BCUT2D eigenvalue weighted by atomic mass is 16.5. The first-order valence-electron chi connectivity index (χ1n) is 4.72. The second-order valence-electron chi connectivity index (χ2n) is 3.36. The molecule has 0 aliphatic rings. The summed E-state index contributed by atoms with van der Waals surface area (Å²) >= 11 is 0. The van der Waals surface area contributed by atoms with Crippen LogP contribution in [0.15, 0.2) is 17.8 Å². The molecule has 1 aromatic heterocycles. The predicted octanol–water partition coefficient (Wildman–Crippen LogP) is 1.64. The predicted molar refractivity (Wildman–Crippen MR) is 58.9 cm³/mol. The maximum absolute atomic E-state index is 11.7. The zero-order chi connectivity index (χ0) is 12.1. The van der Waals surface area contributed by atoms with Crippen LogP contribution in [-0.2, 0) is 0 Å². The van der Waals surface area contributed by atoms with E-state index in [4.69, 9.17) is 9.47 Å². The maximum Gasteiger partial charge on any atom is 0.247 e. The third-order valence-electron chi connectivity index (χ3n) is 1.77. The van der Waals surface area contributed by atoms with Gasteiger partial charge in [-0.25, -0.2) is 4.98 Å². The van der Waals surface area contributed by atoms with E-state index in [1.54, 1.807) is 0 Å². The van der Waals surface area contributed by atoms with E-state index >= 15 is 0 Å². The number of hydrogen-bond donors (Lipinski definition) is 0.